The Morgan fingerprint density at radius 1 is 1.22 bits per heavy atom. The lowest BCUT2D eigenvalue weighted by Gasteiger charge is -2.17. The molecule has 2 aromatic carbocycles. The molecule has 0 unspecified atom stereocenters. The summed E-state index contributed by atoms with van der Waals surface area (Å²) < 4.78 is 5.50. The van der Waals surface area contributed by atoms with Gasteiger partial charge in [-0.1, -0.05) is 23.7 Å². The van der Waals surface area contributed by atoms with Crippen LogP contribution in [0, 0.1) is 5.92 Å². The summed E-state index contributed by atoms with van der Waals surface area (Å²) in [5.41, 5.74) is 1.43. The Kier molecular flexibility index (Phi) is 6.19. The van der Waals surface area contributed by atoms with E-state index in [1.165, 1.54) is 0 Å². The molecule has 1 heterocycles. The number of rotatable bonds is 6. The van der Waals surface area contributed by atoms with E-state index < -0.39 is 0 Å². The number of urea groups is 1. The van der Waals surface area contributed by atoms with Crippen molar-refractivity contribution in [1.29, 1.82) is 0 Å². The van der Waals surface area contributed by atoms with Gasteiger partial charge in [0, 0.05) is 36.1 Å². The van der Waals surface area contributed by atoms with Crippen molar-refractivity contribution >= 4 is 34.9 Å². The largest absolute Gasteiger partial charge is 0.492 e. The Morgan fingerprint density at radius 3 is 2.70 bits per heavy atom. The maximum absolute atomic E-state index is 12.3. The predicted octanol–water partition coefficient (Wildman–Crippen LogP) is 3.91. The monoisotopic (exact) mass is 387 g/mol. The molecule has 1 saturated heterocycles. The molecule has 6 nitrogen and oxygen atoms in total. The van der Waals surface area contributed by atoms with Gasteiger partial charge >= 0.3 is 6.03 Å². The van der Waals surface area contributed by atoms with Gasteiger partial charge in [-0.15, -0.1) is 0 Å². The Labute approximate surface area is 163 Å². The number of carbonyl (C=O) groups excluding carboxylic acids is 2. The van der Waals surface area contributed by atoms with Gasteiger partial charge < -0.3 is 20.3 Å². The number of ether oxygens (including phenoxy) is 1. The molecule has 2 N–H and O–H groups in total. The third-order valence-corrected chi connectivity index (χ3v) is 4.58. The fourth-order valence-corrected chi connectivity index (χ4v) is 3.17. The highest BCUT2D eigenvalue weighted by molar-refractivity contribution is 6.30. The molecule has 0 aliphatic carbocycles. The molecule has 1 aliphatic heterocycles. The van der Waals surface area contributed by atoms with Gasteiger partial charge in [-0.05, 0) is 43.3 Å². The van der Waals surface area contributed by atoms with E-state index in [2.05, 4.69) is 10.6 Å². The minimum Gasteiger partial charge on any atom is -0.492 e. The summed E-state index contributed by atoms with van der Waals surface area (Å²) in [5, 5.41) is 6.26. The van der Waals surface area contributed by atoms with E-state index in [9.17, 15) is 9.59 Å². The molecule has 0 saturated carbocycles. The zero-order valence-corrected chi connectivity index (χ0v) is 15.8. The maximum atomic E-state index is 12.3. The van der Waals surface area contributed by atoms with Crippen molar-refractivity contribution in [1.82, 2.24) is 5.32 Å². The molecule has 0 aromatic heterocycles. The summed E-state index contributed by atoms with van der Waals surface area (Å²) in [4.78, 5) is 26.2. The van der Waals surface area contributed by atoms with E-state index in [1.54, 1.807) is 29.2 Å². The van der Waals surface area contributed by atoms with Crippen LogP contribution in [-0.4, -0.2) is 31.6 Å². The number of amides is 3. The first-order valence-corrected chi connectivity index (χ1v) is 9.27. The first-order chi connectivity index (χ1) is 13.1. The number of nitrogens with zero attached hydrogens (tertiary/aromatic N) is 1. The second-order valence-electron chi connectivity index (χ2n) is 6.32. The summed E-state index contributed by atoms with van der Waals surface area (Å²) in [6.45, 7) is 3.39. The van der Waals surface area contributed by atoms with E-state index in [-0.39, 0.29) is 17.9 Å². The summed E-state index contributed by atoms with van der Waals surface area (Å²) in [6.07, 6.45) is 0.401. The third kappa shape index (κ3) is 4.92. The van der Waals surface area contributed by atoms with E-state index >= 15 is 0 Å². The van der Waals surface area contributed by atoms with Crippen LogP contribution in [0.15, 0.2) is 48.5 Å². The van der Waals surface area contributed by atoms with Crippen LogP contribution in [0.5, 0.6) is 5.75 Å². The van der Waals surface area contributed by atoms with Crippen molar-refractivity contribution in [2.24, 2.45) is 5.92 Å². The minimum atomic E-state index is -0.320. The van der Waals surface area contributed by atoms with Crippen molar-refractivity contribution in [3.05, 3.63) is 53.6 Å². The molecule has 1 fully saturated rings. The molecule has 3 rings (SSSR count). The first-order valence-electron chi connectivity index (χ1n) is 8.89. The molecule has 1 aliphatic rings. The molecule has 3 amide bonds. The molecule has 2 aromatic rings. The zero-order valence-electron chi connectivity index (χ0n) is 15.1. The Morgan fingerprint density at radius 2 is 1.96 bits per heavy atom. The van der Waals surface area contributed by atoms with E-state index in [4.69, 9.17) is 16.3 Å². The standard InChI is InChI=1S/C20H22ClN3O3/c1-2-27-18-6-4-3-5-17(18)23-20(26)22-12-14-11-19(25)24(13-14)16-9-7-15(21)8-10-16/h3-10,14H,2,11-13H2,1H3,(H2,22,23,26)/t14-/m0/s1. The topological polar surface area (TPSA) is 70.7 Å². The number of carbonyl (C=O) groups is 2. The summed E-state index contributed by atoms with van der Waals surface area (Å²) in [7, 11) is 0. The summed E-state index contributed by atoms with van der Waals surface area (Å²) in [5.74, 6) is 0.729. The number of hydrogen-bond donors (Lipinski definition) is 2. The van der Waals surface area contributed by atoms with Crippen molar-refractivity contribution in [3.63, 3.8) is 0 Å². The number of benzene rings is 2. The van der Waals surface area contributed by atoms with Crippen LogP contribution in [0.25, 0.3) is 0 Å². The van der Waals surface area contributed by atoms with Gasteiger partial charge in [0.25, 0.3) is 0 Å². The van der Waals surface area contributed by atoms with Crippen LogP contribution < -0.4 is 20.3 Å². The fraction of sp³-hybridized carbons (Fsp3) is 0.300. The number of para-hydroxylation sites is 2. The number of nitrogens with one attached hydrogen (secondary N) is 2. The highest BCUT2D eigenvalue weighted by Gasteiger charge is 2.30. The van der Waals surface area contributed by atoms with Crippen LogP contribution in [0.4, 0.5) is 16.2 Å². The van der Waals surface area contributed by atoms with Crippen LogP contribution in [0.3, 0.4) is 0 Å². The van der Waals surface area contributed by atoms with Crippen molar-refractivity contribution in [2.75, 3.05) is 29.9 Å². The average molecular weight is 388 g/mol. The third-order valence-electron chi connectivity index (χ3n) is 4.33. The normalized spacial score (nSPS) is 16.3. The SMILES string of the molecule is CCOc1ccccc1NC(=O)NC[C@@H]1CC(=O)N(c2ccc(Cl)cc2)C1. The summed E-state index contributed by atoms with van der Waals surface area (Å²) in [6, 6.07) is 14.1. The average Bonchev–Trinajstić information content (AvgIpc) is 3.03. The van der Waals surface area contributed by atoms with Crippen LogP contribution in [0.1, 0.15) is 13.3 Å². The highest BCUT2D eigenvalue weighted by Crippen LogP contribution is 2.26. The Balaban J connectivity index is 1.52. The molecule has 142 valence electrons. The lowest BCUT2D eigenvalue weighted by Crippen LogP contribution is -2.34. The molecule has 0 radical (unpaired) electrons. The smallest absolute Gasteiger partial charge is 0.319 e. The van der Waals surface area contributed by atoms with Gasteiger partial charge in [0.2, 0.25) is 5.91 Å². The lowest BCUT2D eigenvalue weighted by molar-refractivity contribution is -0.117. The van der Waals surface area contributed by atoms with Gasteiger partial charge in [0.1, 0.15) is 5.75 Å². The van der Waals surface area contributed by atoms with E-state index in [1.807, 2.05) is 31.2 Å². The van der Waals surface area contributed by atoms with E-state index in [0.717, 1.165) is 5.69 Å². The summed E-state index contributed by atoms with van der Waals surface area (Å²) >= 11 is 5.90. The predicted molar refractivity (Wildman–Crippen MR) is 107 cm³/mol. The van der Waals surface area contributed by atoms with Crippen molar-refractivity contribution in [3.8, 4) is 5.75 Å². The van der Waals surface area contributed by atoms with Gasteiger partial charge in [0.15, 0.2) is 0 Å². The van der Waals surface area contributed by atoms with Gasteiger partial charge in [-0.3, -0.25) is 4.79 Å². The number of halogens is 1. The van der Waals surface area contributed by atoms with E-state index in [0.29, 0.717) is 42.6 Å². The van der Waals surface area contributed by atoms with Gasteiger partial charge in [-0.2, -0.15) is 0 Å². The van der Waals surface area contributed by atoms with Crippen LogP contribution in [-0.2, 0) is 4.79 Å². The maximum Gasteiger partial charge on any atom is 0.319 e. The molecular weight excluding hydrogens is 366 g/mol. The lowest BCUT2D eigenvalue weighted by atomic mass is 10.1. The minimum absolute atomic E-state index is 0.0474. The first kappa shape index (κ1) is 19.0. The molecule has 0 spiro atoms. The Bertz CT molecular complexity index is 810. The van der Waals surface area contributed by atoms with Crippen LogP contribution >= 0.6 is 11.6 Å². The fourth-order valence-electron chi connectivity index (χ4n) is 3.04. The van der Waals surface area contributed by atoms with Gasteiger partial charge in [0.05, 0.1) is 12.3 Å². The highest BCUT2D eigenvalue weighted by atomic mass is 35.5. The van der Waals surface area contributed by atoms with Gasteiger partial charge in [-0.25, -0.2) is 4.79 Å². The molecule has 0 bridgehead atoms. The quantitative estimate of drug-likeness (QED) is 0.789. The van der Waals surface area contributed by atoms with Crippen LogP contribution in [0.2, 0.25) is 5.02 Å². The van der Waals surface area contributed by atoms with Crippen molar-refractivity contribution in [2.45, 2.75) is 13.3 Å². The molecule has 7 heteroatoms. The molecular formula is C20H22ClN3O3. The molecule has 1 atom stereocenters. The number of hydrogen-bond acceptors (Lipinski definition) is 3. The second kappa shape index (κ2) is 8.77. The molecule has 27 heavy (non-hydrogen) atoms. The second-order valence-corrected chi connectivity index (χ2v) is 6.75. The van der Waals surface area contributed by atoms with Crippen molar-refractivity contribution < 1.29 is 14.3 Å². The number of anilines is 2. The zero-order chi connectivity index (χ0) is 19.2. The Hall–Kier alpha value is -2.73.